The third-order valence-electron chi connectivity index (χ3n) is 2.30. The fraction of sp³-hybridized carbons (Fsp3) is 0.273. The van der Waals surface area contributed by atoms with Crippen LogP contribution in [0.5, 0.6) is 0 Å². The third-order valence-corrected chi connectivity index (χ3v) is 3.44. The molecule has 17 heavy (non-hydrogen) atoms. The van der Waals surface area contributed by atoms with Crippen LogP contribution in [-0.2, 0) is 13.0 Å². The minimum absolute atomic E-state index is 0.171. The molecule has 0 radical (unpaired) electrons. The minimum Gasteiger partial charge on any atom is -0.397 e. The van der Waals surface area contributed by atoms with Crippen molar-refractivity contribution in [1.29, 1.82) is 0 Å². The van der Waals surface area contributed by atoms with Gasteiger partial charge in [-0.25, -0.2) is 4.98 Å². The molecule has 4 N–H and O–H groups in total. The molecule has 0 atom stereocenters. The van der Waals surface area contributed by atoms with E-state index in [1.165, 1.54) is 4.88 Å². The Kier molecular flexibility index (Phi) is 3.43. The van der Waals surface area contributed by atoms with E-state index in [1.807, 2.05) is 6.20 Å². The number of nitrogens with two attached hydrogens (primary N) is 1. The number of nitrogens with one attached hydrogen (secondary N) is 2. The van der Waals surface area contributed by atoms with E-state index in [-0.39, 0.29) is 5.91 Å². The number of nitrogen functional groups attached to an aromatic ring is 1. The molecule has 0 bridgehead atoms. The van der Waals surface area contributed by atoms with E-state index in [9.17, 15) is 4.79 Å². The van der Waals surface area contributed by atoms with Gasteiger partial charge in [0.05, 0.1) is 6.54 Å². The van der Waals surface area contributed by atoms with Crippen LogP contribution in [0, 0.1) is 0 Å². The molecule has 2 rings (SSSR count). The van der Waals surface area contributed by atoms with Crippen molar-refractivity contribution < 1.29 is 4.79 Å². The molecule has 2 heterocycles. The summed E-state index contributed by atoms with van der Waals surface area (Å²) >= 11 is 1.61. The van der Waals surface area contributed by atoms with Crippen molar-refractivity contribution >= 4 is 22.9 Å². The average molecular weight is 250 g/mol. The van der Waals surface area contributed by atoms with Gasteiger partial charge in [0.25, 0.3) is 5.91 Å². The van der Waals surface area contributed by atoms with Crippen LogP contribution in [0.3, 0.4) is 0 Å². The zero-order valence-electron chi connectivity index (χ0n) is 9.49. The van der Waals surface area contributed by atoms with E-state index in [1.54, 1.807) is 23.6 Å². The summed E-state index contributed by atoms with van der Waals surface area (Å²) in [5.74, 6) is -0.171. The van der Waals surface area contributed by atoms with Crippen LogP contribution >= 0.6 is 11.3 Å². The second-order valence-corrected chi connectivity index (χ2v) is 4.80. The largest absolute Gasteiger partial charge is 0.397 e. The highest BCUT2D eigenvalue weighted by Crippen LogP contribution is 2.13. The van der Waals surface area contributed by atoms with Crippen LogP contribution in [0.1, 0.15) is 27.3 Å². The number of aromatic amines is 1. The number of anilines is 1. The van der Waals surface area contributed by atoms with Crippen LogP contribution in [0.25, 0.3) is 0 Å². The summed E-state index contributed by atoms with van der Waals surface area (Å²) in [6, 6.07) is 1.61. The molecule has 90 valence electrons. The van der Waals surface area contributed by atoms with Crippen LogP contribution in [0.2, 0.25) is 0 Å². The first-order valence-corrected chi connectivity index (χ1v) is 6.16. The number of thiazole rings is 1. The Balaban J connectivity index is 1.92. The molecule has 1 amide bonds. The zero-order chi connectivity index (χ0) is 12.3. The lowest BCUT2D eigenvalue weighted by Gasteiger charge is -2.00. The SMILES string of the molecule is CCc1cnc(CNC(=O)c2cc(N)c[nH]2)s1. The molecule has 2 aromatic heterocycles. The number of rotatable bonds is 4. The zero-order valence-corrected chi connectivity index (χ0v) is 10.3. The maximum atomic E-state index is 11.7. The van der Waals surface area contributed by atoms with E-state index in [2.05, 4.69) is 22.2 Å². The summed E-state index contributed by atoms with van der Waals surface area (Å²) in [5, 5.41) is 3.70. The predicted molar refractivity (Wildman–Crippen MR) is 67.9 cm³/mol. The van der Waals surface area contributed by atoms with E-state index in [0.29, 0.717) is 17.9 Å². The van der Waals surface area contributed by atoms with Gasteiger partial charge in [0.1, 0.15) is 10.7 Å². The van der Waals surface area contributed by atoms with Gasteiger partial charge in [-0.1, -0.05) is 6.92 Å². The Morgan fingerprint density at radius 3 is 3.06 bits per heavy atom. The van der Waals surface area contributed by atoms with Crippen LogP contribution in [0.15, 0.2) is 18.5 Å². The van der Waals surface area contributed by atoms with Crippen molar-refractivity contribution in [3.05, 3.63) is 34.0 Å². The van der Waals surface area contributed by atoms with Crippen molar-refractivity contribution in [3.8, 4) is 0 Å². The van der Waals surface area contributed by atoms with Gasteiger partial charge in [-0.3, -0.25) is 4.79 Å². The van der Waals surface area contributed by atoms with Gasteiger partial charge < -0.3 is 16.0 Å². The third kappa shape index (κ3) is 2.85. The summed E-state index contributed by atoms with van der Waals surface area (Å²) in [5.41, 5.74) is 6.54. The molecule has 0 aliphatic carbocycles. The number of hydrogen-bond donors (Lipinski definition) is 3. The van der Waals surface area contributed by atoms with E-state index >= 15 is 0 Å². The summed E-state index contributed by atoms with van der Waals surface area (Å²) in [7, 11) is 0. The quantitative estimate of drug-likeness (QED) is 0.769. The number of aryl methyl sites for hydroxylation is 1. The number of H-pyrrole nitrogens is 1. The lowest BCUT2D eigenvalue weighted by Crippen LogP contribution is -2.22. The van der Waals surface area contributed by atoms with Crippen LogP contribution in [-0.4, -0.2) is 15.9 Å². The van der Waals surface area contributed by atoms with Crippen molar-refractivity contribution in [2.24, 2.45) is 0 Å². The lowest BCUT2D eigenvalue weighted by molar-refractivity contribution is 0.0946. The van der Waals surface area contributed by atoms with Gasteiger partial charge in [-0.15, -0.1) is 11.3 Å². The summed E-state index contributed by atoms with van der Waals surface area (Å²) in [6.45, 7) is 2.53. The maximum Gasteiger partial charge on any atom is 0.268 e. The predicted octanol–water partition coefficient (Wildman–Crippen LogP) is 1.55. The van der Waals surface area contributed by atoms with Gasteiger partial charge in [-0.2, -0.15) is 0 Å². The number of amides is 1. The Morgan fingerprint density at radius 2 is 2.47 bits per heavy atom. The molecule has 0 aromatic carbocycles. The fourth-order valence-corrected chi connectivity index (χ4v) is 2.19. The van der Waals surface area contributed by atoms with Crippen molar-refractivity contribution in [2.75, 3.05) is 5.73 Å². The van der Waals surface area contributed by atoms with Crippen LogP contribution in [0.4, 0.5) is 5.69 Å². The molecule has 6 heteroatoms. The first-order chi connectivity index (χ1) is 8.19. The van der Waals surface area contributed by atoms with Gasteiger partial charge in [0.15, 0.2) is 0 Å². The van der Waals surface area contributed by atoms with Gasteiger partial charge in [0, 0.05) is 23.0 Å². The minimum atomic E-state index is -0.171. The van der Waals surface area contributed by atoms with Gasteiger partial charge >= 0.3 is 0 Å². The topological polar surface area (TPSA) is 83.8 Å². The average Bonchev–Trinajstić information content (AvgIpc) is 2.94. The molecular formula is C11H14N4OS. The second kappa shape index (κ2) is 5.01. The number of nitrogens with zero attached hydrogens (tertiary/aromatic N) is 1. The molecule has 0 saturated heterocycles. The standard InChI is InChI=1S/C11H14N4OS/c1-2-8-5-14-10(17-8)6-15-11(16)9-3-7(12)4-13-9/h3-5,13H,2,6,12H2,1H3,(H,15,16). The highest BCUT2D eigenvalue weighted by molar-refractivity contribution is 7.11. The first-order valence-electron chi connectivity index (χ1n) is 5.34. The second-order valence-electron chi connectivity index (χ2n) is 3.60. The van der Waals surface area contributed by atoms with Gasteiger partial charge in [-0.05, 0) is 12.5 Å². The number of carbonyl (C=O) groups is 1. The molecule has 0 spiro atoms. The van der Waals surface area contributed by atoms with Crippen molar-refractivity contribution in [3.63, 3.8) is 0 Å². The highest BCUT2D eigenvalue weighted by atomic mass is 32.1. The smallest absolute Gasteiger partial charge is 0.268 e. The molecule has 5 nitrogen and oxygen atoms in total. The van der Waals surface area contributed by atoms with Gasteiger partial charge in [0.2, 0.25) is 0 Å². The van der Waals surface area contributed by atoms with E-state index in [0.717, 1.165) is 11.4 Å². The molecule has 0 fully saturated rings. The molecule has 0 saturated carbocycles. The molecule has 0 aliphatic rings. The normalized spacial score (nSPS) is 10.4. The maximum absolute atomic E-state index is 11.7. The highest BCUT2D eigenvalue weighted by Gasteiger charge is 2.08. The Hall–Kier alpha value is -1.82. The summed E-state index contributed by atoms with van der Waals surface area (Å²) in [4.78, 5) is 19.9. The monoisotopic (exact) mass is 250 g/mol. The summed E-state index contributed by atoms with van der Waals surface area (Å²) < 4.78 is 0. The number of hydrogen-bond acceptors (Lipinski definition) is 4. The Morgan fingerprint density at radius 1 is 1.65 bits per heavy atom. The Bertz CT molecular complexity index is 517. The van der Waals surface area contributed by atoms with Crippen LogP contribution < -0.4 is 11.1 Å². The van der Waals surface area contributed by atoms with Crippen molar-refractivity contribution in [1.82, 2.24) is 15.3 Å². The van der Waals surface area contributed by atoms with Crippen molar-refractivity contribution in [2.45, 2.75) is 19.9 Å². The molecule has 0 unspecified atom stereocenters. The summed E-state index contributed by atoms with van der Waals surface area (Å²) in [6.07, 6.45) is 4.41. The lowest BCUT2D eigenvalue weighted by atomic mass is 10.4. The fourth-order valence-electron chi connectivity index (χ4n) is 1.39. The molecular weight excluding hydrogens is 236 g/mol. The first kappa shape index (κ1) is 11.7. The number of carbonyl (C=O) groups excluding carboxylic acids is 1. The Labute approximate surface area is 103 Å². The molecule has 0 aliphatic heterocycles. The van der Waals surface area contributed by atoms with E-state index in [4.69, 9.17) is 5.73 Å². The molecule has 2 aromatic rings. The number of aromatic nitrogens is 2. The van der Waals surface area contributed by atoms with E-state index < -0.39 is 0 Å².